The van der Waals surface area contributed by atoms with Gasteiger partial charge in [-0.25, -0.2) is 0 Å². The summed E-state index contributed by atoms with van der Waals surface area (Å²) in [7, 11) is 0. The van der Waals surface area contributed by atoms with E-state index in [1.165, 1.54) is 11.6 Å². The number of benzene rings is 2. The summed E-state index contributed by atoms with van der Waals surface area (Å²) in [6.45, 7) is 1.03. The molecule has 0 bridgehead atoms. The van der Waals surface area contributed by atoms with E-state index in [0.717, 1.165) is 12.2 Å². The van der Waals surface area contributed by atoms with E-state index in [0.29, 0.717) is 25.1 Å². The number of nitrogens with two attached hydrogens (primary N) is 1. The normalized spacial score (nSPS) is 10.3. The Bertz CT molecular complexity index is 597. The van der Waals surface area contributed by atoms with E-state index >= 15 is 0 Å². The van der Waals surface area contributed by atoms with E-state index in [-0.39, 0.29) is 10.6 Å². The maximum Gasteiger partial charge on any atom is 0.272 e. The van der Waals surface area contributed by atoms with Gasteiger partial charge < -0.3 is 10.5 Å². The first kappa shape index (κ1) is 15.0. The van der Waals surface area contributed by atoms with E-state index in [1.807, 2.05) is 24.3 Å². The number of rotatable bonds is 7. The van der Waals surface area contributed by atoms with Crippen molar-refractivity contribution in [2.45, 2.75) is 12.8 Å². The summed E-state index contributed by atoms with van der Waals surface area (Å²) >= 11 is 0. The highest BCUT2D eigenvalue weighted by Gasteiger charge is 2.11. The van der Waals surface area contributed by atoms with Gasteiger partial charge in [-0.2, -0.15) is 0 Å². The van der Waals surface area contributed by atoms with Gasteiger partial charge in [0.2, 0.25) is 0 Å². The molecule has 2 aromatic rings. The van der Waals surface area contributed by atoms with Crippen molar-refractivity contribution in [3.63, 3.8) is 0 Å². The molecule has 0 aromatic heterocycles. The van der Waals surface area contributed by atoms with Gasteiger partial charge in [-0.1, -0.05) is 30.3 Å². The average Bonchev–Trinajstić information content (AvgIpc) is 2.50. The van der Waals surface area contributed by atoms with Crippen molar-refractivity contribution in [2.24, 2.45) is 5.73 Å². The Morgan fingerprint density at radius 3 is 2.43 bits per heavy atom. The van der Waals surface area contributed by atoms with Crippen LogP contribution in [-0.2, 0) is 12.8 Å². The van der Waals surface area contributed by atoms with Crippen LogP contribution in [0.3, 0.4) is 0 Å². The Morgan fingerprint density at radius 2 is 1.76 bits per heavy atom. The molecule has 0 unspecified atom stereocenters. The first-order chi connectivity index (χ1) is 10.2. The molecule has 5 heteroatoms. The summed E-state index contributed by atoms with van der Waals surface area (Å²) in [5, 5.41) is 10.9. The van der Waals surface area contributed by atoms with Crippen molar-refractivity contribution in [2.75, 3.05) is 13.2 Å². The van der Waals surface area contributed by atoms with Crippen LogP contribution < -0.4 is 10.5 Å². The third-order valence-electron chi connectivity index (χ3n) is 3.18. The molecule has 0 saturated carbocycles. The second kappa shape index (κ2) is 7.40. The number of ether oxygens (including phenoxy) is 1. The highest BCUT2D eigenvalue weighted by atomic mass is 16.6. The van der Waals surface area contributed by atoms with Crippen molar-refractivity contribution in [1.29, 1.82) is 0 Å². The number of nitro groups is 1. The smallest absolute Gasteiger partial charge is 0.272 e. The predicted octanol–water partition coefficient (Wildman–Crippen LogP) is 2.72. The van der Waals surface area contributed by atoms with Crippen molar-refractivity contribution in [3.05, 3.63) is 69.8 Å². The third-order valence-corrected chi connectivity index (χ3v) is 3.18. The number of nitro benzene ring substituents is 1. The van der Waals surface area contributed by atoms with Crippen molar-refractivity contribution < 1.29 is 9.66 Å². The Morgan fingerprint density at radius 1 is 1.05 bits per heavy atom. The van der Waals surface area contributed by atoms with E-state index in [1.54, 1.807) is 18.2 Å². The van der Waals surface area contributed by atoms with Gasteiger partial charge in [0, 0.05) is 18.1 Å². The minimum absolute atomic E-state index is 0.138. The molecule has 0 fully saturated rings. The molecule has 5 nitrogen and oxygen atoms in total. The molecular weight excluding hydrogens is 268 g/mol. The zero-order valence-corrected chi connectivity index (χ0v) is 11.7. The van der Waals surface area contributed by atoms with Crippen LogP contribution in [0.2, 0.25) is 0 Å². The van der Waals surface area contributed by atoms with Gasteiger partial charge in [0.05, 0.1) is 11.5 Å². The molecular formula is C16H18N2O3. The summed E-state index contributed by atoms with van der Waals surface area (Å²) in [5.74, 6) is 0.759. The van der Waals surface area contributed by atoms with Crippen LogP contribution in [0.4, 0.5) is 5.69 Å². The lowest BCUT2D eigenvalue weighted by Gasteiger charge is -2.07. The molecule has 0 atom stereocenters. The van der Waals surface area contributed by atoms with Gasteiger partial charge in [-0.3, -0.25) is 10.1 Å². The standard InChI is InChI=1S/C16H18N2O3/c17-11-9-13-5-7-15(8-6-13)21-12-10-14-3-1-2-4-16(14)18(19)20/h1-8H,9-12,17H2. The van der Waals surface area contributed by atoms with Crippen LogP contribution in [0, 0.1) is 10.1 Å². The Kier molecular flexibility index (Phi) is 5.29. The SMILES string of the molecule is NCCc1ccc(OCCc2ccccc2[N+](=O)[O-])cc1. The lowest BCUT2D eigenvalue weighted by molar-refractivity contribution is -0.385. The molecule has 2 aromatic carbocycles. The number of para-hydroxylation sites is 1. The lowest BCUT2D eigenvalue weighted by Crippen LogP contribution is -2.04. The van der Waals surface area contributed by atoms with Gasteiger partial charge in [-0.15, -0.1) is 0 Å². The van der Waals surface area contributed by atoms with Gasteiger partial charge in [-0.05, 0) is 30.7 Å². The summed E-state index contributed by atoms with van der Waals surface area (Å²) < 4.78 is 5.62. The van der Waals surface area contributed by atoms with Crippen LogP contribution in [0.5, 0.6) is 5.75 Å². The molecule has 0 heterocycles. The second-order valence-corrected chi connectivity index (χ2v) is 4.67. The maximum absolute atomic E-state index is 10.9. The largest absolute Gasteiger partial charge is 0.493 e. The van der Waals surface area contributed by atoms with E-state index in [4.69, 9.17) is 10.5 Å². The van der Waals surface area contributed by atoms with Crippen LogP contribution in [0.1, 0.15) is 11.1 Å². The highest BCUT2D eigenvalue weighted by molar-refractivity contribution is 5.40. The maximum atomic E-state index is 10.9. The summed E-state index contributed by atoms with van der Waals surface area (Å²) in [5.41, 5.74) is 7.49. The predicted molar refractivity (Wildman–Crippen MR) is 81.5 cm³/mol. The van der Waals surface area contributed by atoms with Crippen LogP contribution >= 0.6 is 0 Å². The molecule has 0 radical (unpaired) electrons. The Hall–Kier alpha value is -2.40. The molecule has 2 N–H and O–H groups in total. The van der Waals surface area contributed by atoms with Gasteiger partial charge in [0.15, 0.2) is 0 Å². The molecule has 2 rings (SSSR count). The highest BCUT2D eigenvalue weighted by Crippen LogP contribution is 2.19. The van der Waals surface area contributed by atoms with Crippen molar-refractivity contribution >= 4 is 5.69 Å². The fourth-order valence-electron chi connectivity index (χ4n) is 2.10. The molecule has 21 heavy (non-hydrogen) atoms. The fourth-order valence-corrected chi connectivity index (χ4v) is 2.10. The zero-order valence-electron chi connectivity index (χ0n) is 11.7. The fraction of sp³-hybridized carbons (Fsp3) is 0.250. The molecule has 0 amide bonds. The minimum atomic E-state index is -0.364. The number of nitrogens with zero attached hydrogens (tertiary/aromatic N) is 1. The van der Waals surface area contributed by atoms with Crippen LogP contribution in [-0.4, -0.2) is 18.1 Å². The molecule has 0 aliphatic carbocycles. The monoisotopic (exact) mass is 286 g/mol. The molecule has 0 saturated heterocycles. The van der Waals surface area contributed by atoms with E-state index in [9.17, 15) is 10.1 Å². The van der Waals surface area contributed by atoms with Gasteiger partial charge in [0.1, 0.15) is 5.75 Å². The second-order valence-electron chi connectivity index (χ2n) is 4.67. The number of hydrogen-bond donors (Lipinski definition) is 1. The molecule has 0 aliphatic heterocycles. The minimum Gasteiger partial charge on any atom is -0.493 e. The summed E-state index contributed by atoms with van der Waals surface area (Å²) in [4.78, 5) is 10.5. The third kappa shape index (κ3) is 4.29. The zero-order chi connectivity index (χ0) is 15.1. The lowest BCUT2D eigenvalue weighted by atomic mass is 10.1. The Labute approximate surface area is 123 Å². The molecule has 0 spiro atoms. The summed E-state index contributed by atoms with van der Waals surface area (Å²) in [6.07, 6.45) is 1.35. The van der Waals surface area contributed by atoms with E-state index in [2.05, 4.69) is 0 Å². The van der Waals surface area contributed by atoms with Gasteiger partial charge >= 0.3 is 0 Å². The molecule has 110 valence electrons. The van der Waals surface area contributed by atoms with Crippen molar-refractivity contribution in [1.82, 2.24) is 0 Å². The number of hydrogen-bond acceptors (Lipinski definition) is 4. The van der Waals surface area contributed by atoms with E-state index < -0.39 is 0 Å². The van der Waals surface area contributed by atoms with Crippen molar-refractivity contribution in [3.8, 4) is 5.75 Å². The summed E-state index contributed by atoms with van der Waals surface area (Å²) in [6, 6.07) is 14.5. The van der Waals surface area contributed by atoms with Crippen LogP contribution in [0.15, 0.2) is 48.5 Å². The average molecular weight is 286 g/mol. The van der Waals surface area contributed by atoms with Crippen LogP contribution in [0.25, 0.3) is 0 Å². The first-order valence-corrected chi connectivity index (χ1v) is 6.85. The topological polar surface area (TPSA) is 78.4 Å². The Balaban J connectivity index is 1.91. The van der Waals surface area contributed by atoms with Gasteiger partial charge in [0.25, 0.3) is 5.69 Å². The first-order valence-electron chi connectivity index (χ1n) is 6.85. The quantitative estimate of drug-likeness (QED) is 0.627. The molecule has 0 aliphatic rings.